The minimum Gasteiger partial charge on any atom is -0.456 e. The smallest absolute Gasteiger partial charge is 0.135 e. The van der Waals surface area contributed by atoms with Gasteiger partial charge in [-0.1, -0.05) is 157 Å². The van der Waals surface area contributed by atoms with Crippen molar-refractivity contribution < 1.29 is 8.83 Å². The lowest BCUT2D eigenvalue weighted by Crippen LogP contribution is -1.94. The number of benzene rings is 11. The van der Waals surface area contributed by atoms with E-state index in [1.165, 1.54) is 60.5 Å². The van der Waals surface area contributed by atoms with Gasteiger partial charge in [0.2, 0.25) is 0 Å². The highest BCUT2D eigenvalue weighted by molar-refractivity contribution is 6.15. The van der Waals surface area contributed by atoms with Gasteiger partial charge in [0, 0.05) is 54.5 Å². The first-order chi connectivity index (χ1) is 35.1. The number of aryl methyl sites for hydroxylation is 1. The van der Waals surface area contributed by atoms with E-state index in [2.05, 4.69) is 222 Å². The van der Waals surface area contributed by atoms with E-state index in [0.717, 1.165) is 77.3 Å². The Morgan fingerprint density at radius 3 is 0.930 bits per heavy atom. The molecule has 0 unspecified atom stereocenters. The van der Waals surface area contributed by atoms with Crippen LogP contribution in [0.5, 0.6) is 0 Å². The van der Waals surface area contributed by atoms with E-state index < -0.39 is 0 Å². The molecule has 0 N–H and O–H groups in total. The van der Waals surface area contributed by atoms with Crippen molar-refractivity contribution >= 4 is 87.5 Å². The molecule has 334 valence electrons. The van der Waals surface area contributed by atoms with Crippen LogP contribution in [0.15, 0.2) is 258 Å². The quantitative estimate of drug-likeness (QED) is 0.172. The minimum absolute atomic E-state index is 0.891. The van der Waals surface area contributed by atoms with Gasteiger partial charge in [0.25, 0.3) is 0 Å². The molecule has 11 aromatic carbocycles. The van der Waals surface area contributed by atoms with E-state index in [4.69, 9.17) is 8.83 Å². The first kappa shape index (κ1) is 40.7. The minimum atomic E-state index is 0.891. The molecular formula is C67H44N2O2. The second kappa shape index (κ2) is 16.4. The number of aromatic nitrogens is 2. The second-order valence-electron chi connectivity index (χ2n) is 18.5. The average Bonchev–Trinajstić information content (AvgIpc) is 4.18. The van der Waals surface area contributed by atoms with Gasteiger partial charge < -0.3 is 18.0 Å². The van der Waals surface area contributed by atoms with Crippen LogP contribution in [0.4, 0.5) is 0 Å². The molecule has 4 aromatic heterocycles. The number of hydrogen-bond donors (Lipinski definition) is 0. The van der Waals surface area contributed by atoms with Crippen LogP contribution < -0.4 is 0 Å². The molecule has 0 radical (unpaired) electrons. The van der Waals surface area contributed by atoms with Gasteiger partial charge in [-0.3, -0.25) is 0 Å². The van der Waals surface area contributed by atoms with Gasteiger partial charge in [-0.25, -0.2) is 0 Å². The molecule has 4 heterocycles. The van der Waals surface area contributed by atoms with Gasteiger partial charge in [-0.2, -0.15) is 0 Å². The van der Waals surface area contributed by atoms with E-state index in [1.807, 2.05) is 42.5 Å². The molecule has 0 amide bonds. The van der Waals surface area contributed by atoms with Crippen LogP contribution in [0.3, 0.4) is 0 Å². The highest BCUT2D eigenvalue weighted by Gasteiger charge is 2.19. The molecule has 0 aliphatic carbocycles. The average molecular weight is 909 g/mol. The SMILES string of the molecule is Cc1ccccc1.c1ccc(-c2ccc3c(c2)c2cc(-c4ccc5c(c4)c4cc(-c6ccccc6)ccc4n5-c4ccc5oc6ccccc6c5c4)ccc2n3-c2ccc3oc4ccccc4c3c2)cc1. The molecular weight excluding hydrogens is 865 g/mol. The molecule has 0 spiro atoms. The van der Waals surface area contributed by atoms with E-state index in [-0.39, 0.29) is 0 Å². The Labute approximate surface area is 409 Å². The summed E-state index contributed by atoms with van der Waals surface area (Å²) in [5.74, 6) is 0. The van der Waals surface area contributed by atoms with Crippen LogP contribution in [-0.2, 0) is 0 Å². The van der Waals surface area contributed by atoms with Crippen LogP contribution in [0.2, 0.25) is 0 Å². The summed E-state index contributed by atoms with van der Waals surface area (Å²) in [4.78, 5) is 0. The maximum absolute atomic E-state index is 6.26. The highest BCUT2D eigenvalue weighted by atomic mass is 16.3. The Balaban J connectivity index is 0.000000622. The Morgan fingerprint density at radius 1 is 0.239 bits per heavy atom. The Kier molecular flexibility index (Phi) is 9.39. The number of rotatable bonds is 5. The molecule has 0 bridgehead atoms. The zero-order valence-corrected chi connectivity index (χ0v) is 38.9. The van der Waals surface area contributed by atoms with Crippen LogP contribution >= 0.6 is 0 Å². The predicted molar refractivity (Wildman–Crippen MR) is 297 cm³/mol. The van der Waals surface area contributed by atoms with Crippen molar-refractivity contribution in [3.05, 3.63) is 254 Å². The van der Waals surface area contributed by atoms with Gasteiger partial charge >= 0.3 is 0 Å². The van der Waals surface area contributed by atoms with Gasteiger partial charge in [0.1, 0.15) is 22.3 Å². The Bertz CT molecular complexity index is 4240. The fourth-order valence-corrected chi connectivity index (χ4v) is 10.8. The summed E-state index contributed by atoms with van der Waals surface area (Å²) in [6.07, 6.45) is 0. The van der Waals surface area contributed by atoms with Gasteiger partial charge in [-0.05, 0) is 137 Å². The largest absolute Gasteiger partial charge is 0.456 e. The molecule has 0 atom stereocenters. The van der Waals surface area contributed by atoms with Crippen molar-refractivity contribution in [2.75, 3.05) is 0 Å². The molecule has 0 aliphatic rings. The van der Waals surface area contributed by atoms with Crippen molar-refractivity contribution in [2.24, 2.45) is 0 Å². The fraction of sp³-hybridized carbons (Fsp3) is 0.0149. The summed E-state index contributed by atoms with van der Waals surface area (Å²) in [5.41, 5.74) is 18.9. The maximum Gasteiger partial charge on any atom is 0.135 e. The number of nitrogens with zero attached hydrogens (tertiary/aromatic N) is 2. The third kappa shape index (κ3) is 6.83. The van der Waals surface area contributed by atoms with Crippen LogP contribution in [0.1, 0.15) is 5.56 Å². The summed E-state index contributed by atoms with van der Waals surface area (Å²) >= 11 is 0. The lowest BCUT2D eigenvalue weighted by Gasteiger charge is -2.10. The molecule has 0 saturated heterocycles. The van der Waals surface area contributed by atoms with Crippen molar-refractivity contribution in [3.8, 4) is 44.8 Å². The van der Waals surface area contributed by atoms with Crippen molar-refractivity contribution in [1.82, 2.24) is 9.13 Å². The van der Waals surface area contributed by atoms with E-state index in [9.17, 15) is 0 Å². The van der Waals surface area contributed by atoms with Crippen molar-refractivity contribution in [3.63, 3.8) is 0 Å². The number of hydrogen-bond acceptors (Lipinski definition) is 2. The standard InChI is InChI=1S/C60H36N2O2.C7H8/c1-3-11-37(12-4-1)39-19-25-53-47(31-39)49-33-41(21-27-55(49)61(53)43-23-29-59-51(35-43)45-15-7-9-17-57(45)63-59)42-22-28-56-50(34-42)48-32-40(38-13-5-2-6-14-38)20-26-54(48)62(56)44-24-30-60-52(36-44)46-16-8-10-18-58(46)64-60;1-7-5-3-2-4-6-7/h1-36H;2-6H,1H3. The summed E-state index contributed by atoms with van der Waals surface area (Å²) in [6, 6.07) is 89.1. The summed E-state index contributed by atoms with van der Waals surface area (Å²) in [6.45, 7) is 2.08. The first-order valence-electron chi connectivity index (χ1n) is 24.2. The van der Waals surface area contributed by atoms with E-state index in [0.29, 0.717) is 0 Å². The molecule has 0 saturated carbocycles. The van der Waals surface area contributed by atoms with Crippen molar-refractivity contribution in [1.29, 1.82) is 0 Å². The fourth-order valence-electron chi connectivity index (χ4n) is 10.8. The number of fused-ring (bicyclic) bond motifs is 12. The zero-order chi connectivity index (χ0) is 47.0. The lowest BCUT2D eigenvalue weighted by molar-refractivity contribution is 0.668. The predicted octanol–water partition coefficient (Wildman–Crippen LogP) is 18.7. The Morgan fingerprint density at radius 2 is 0.563 bits per heavy atom. The number of furan rings is 2. The molecule has 0 aliphatic heterocycles. The number of para-hydroxylation sites is 2. The Hall–Kier alpha value is -9.38. The van der Waals surface area contributed by atoms with Crippen molar-refractivity contribution in [2.45, 2.75) is 6.92 Å². The van der Waals surface area contributed by atoms with E-state index >= 15 is 0 Å². The van der Waals surface area contributed by atoms with E-state index in [1.54, 1.807) is 0 Å². The van der Waals surface area contributed by atoms with Crippen LogP contribution in [0.25, 0.3) is 132 Å². The lowest BCUT2D eigenvalue weighted by atomic mass is 9.98. The molecule has 4 nitrogen and oxygen atoms in total. The van der Waals surface area contributed by atoms with Crippen LogP contribution in [0, 0.1) is 6.92 Å². The molecule has 71 heavy (non-hydrogen) atoms. The van der Waals surface area contributed by atoms with Gasteiger partial charge in [0.15, 0.2) is 0 Å². The summed E-state index contributed by atoms with van der Waals surface area (Å²) in [7, 11) is 0. The molecule has 15 rings (SSSR count). The van der Waals surface area contributed by atoms with Gasteiger partial charge in [0.05, 0.1) is 22.1 Å². The third-order valence-corrected chi connectivity index (χ3v) is 14.3. The third-order valence-electron chi connectivity index (χ3n) is 14.3. The first-order valence-corrected chi connectivity index (χ1v) is 24.2. The molecule has 0 fully saturated rings. The van der Waals surface area contributed by atoms with Crippen LogP contribution in [-0.4, -0.2) is 9.13 Å². The molecule has 4 heteroatoms. The monoisotopic (exact) mass is 908 g/mol. The zero-order valence-electron chi connectivity index (χ0n) is 38.9. The molecule has 15 aromatic rings. The second-order valence-corrected chi connectivity index (χ2v) is 18.5. The summed E-state index contributed by atoms with van der Waals surface area (Å²) in [5, 5.41) is 9.30. The normalized spacial score (nSPS) is 11.7. The maximum atomic E-state index is 6.26. The topological polar surface area (TPSA) is 36.1 Å². The highest BCUT2D eigenvalue weighted by Crippen LogP contribution is 2.42. The summed E-state index contributed by atoms with van der Waals surface area (Å²) < 4.78 is 17.3. The van der Waals surface area contributed by atoms with Gasteiger partial charge in [-0.15, -0.1) is 0 Å².